The fourth-order valence-electron chi connectivity index (χ4n) is 2.63. The van der Waals surface area contributed by atoms with Crippen LogP contribution in [0.2, 0.25) is 0 Å². The van der Waals surface area contributed by atoms with E-state index in [0.717, 1.165) is 12.1 Å². The topological polar surface area (TPSA) is 77.6 Å². The zero-order valence-electron chi connectivity index (χ0n) is 14.2. The Balaban J connectivity index is 2.22. The van der Waals surface area contributed by atoms with Gasteiger partial charge in [0.2, 0.25) is 0 Å². The van der Waals surface area contributed by atoms with E-state index in [1.807, 2.05) is 5.92 Å². The Bertz CT molecular complexity index is 1110. The molecule has 134 valence electrons. The average Bonchev–Trinajstić information content (AvgIpc) is 2.66. The van der Waals surface area contributed by atoms with Crippen LogP contribution in [0.3, 0.4) is 0 Å². The lowest BCUT2D eigenvalue weighted by atomic mass is 9.98. The molecule has 1 aromatic heterocycles. The second kappa shape index (κ2) is 7.22. The van der Waals surface area contributed by atoms with Gasteiger partial charge in [-0.05, 0) is 35.7 Å². The molecular formula is C20H13F2N3O2. The predicted molar refractivity (Wildman–Crippen MR) is 98.4 cm³/mol. The molecule has 0 aliphatic carbocycles. The molecule has 0 aliphatic heterocycles. The lowest BCUT2D eigenvalue weighted by Gasteiger charge is -2.11. The van der Waals surface area contributed by atoms with Crippen LogP contribution in [0, 0.1) is 24.0 Å². The first-order valence-corrected chi connectivity index (χ1v) is 7.72. The van der Waals surface area contributed by atoms with Crippen molar-refractivity contribution >= 4 is 22.6 Å². The molecule has 2 N–H and O–H groups in total. The van der Waals surface area contributed by atoms with Gasteiger partial charge >= 0.3 is 0 Å². The number of amides is 1. The lowest BCUT2D eigenvalue weighted by molar-refractivity contribution is 0.100. The van der Waals surface area contributed by atoms with E-state index in [4.69, 9.17) is 16.9 Å². The standard InChI is InChI=1S/C20H13F2N3O2/c1-3-18(23)25-20(26)11-4-5-17-14(8-11)13(6-7-24-17)19-15(21)9-12(27-2)10-16(19)22/h1,4-10H,2H3,(H2,23,25,26). The summed E-state index contributed by atoms with van der Waals surface area (Å²) in [6, 6.07) is 8.09. The van der Waals surface area contributed by atoms with Crippen LogP contribution in [0.5, 0.6) is 5.75 Å². The number of hydrogen-bond donors (Lipinski definition) is 1. The van der Waals surface area contributed by atoms with E-state index in [1.54, 1.807) is 6.07 Å². The largest absolute Gasteiger partial charge is 0.497 e. The third-order valence-corrected chi connectivity index (χ3v) is 3.88. The Morgan fingerprint density at radius 1 is 1.22 bits per heavy atom. The number of aromatic nitrogens is 1. The molecule has 3 aromatic rings. The number of amidine groups is 1. The van der Waals surface area contributed by atoms with E-state index in [0.29, 0.717) is 10.9 Å². The molecule has 0 unspecified atom stereocenters. The fourth-order valence-corrected chi connectivity index (χ4v) is 2.63. The monoisotopic (exact) mass is 365 g/mol. The fraction of sp³-hybridized carbons (Fsp3) is 0.0500. The first-order chi connectivity index (χ1) is 12.9. The third-order valence-electron chi connectivity index (χ3n) is 3.88. The van der Waals surface area contributed by atoms with Crippen molar-refractivity contribution in [2.75, 3.05) is 7.11 Å². The average molecular weight is 365 g/mol. The number of pyridine rings is 1. The van der Waals surface area contributed by atoms with Gasteiger partial charge in [0, 0.05) is 29.3 Å². The number of terminal acetylenes is 1. The molecule has 0 radical (unpaired) electrons. The van der Waals surface area contributed by atoms with Crippen molar-refractivity contribution in [2.45, 2.75) is 0 Å². The Hall–Kier alpha value is -3.79. The van der Waals surface area contributed by atoms with E-state index in [-0.39, 0.29) is 28.3 Å². The van der Waals surface area contributed by atoms with Gasteiger partial charge in [0.15, 0.2) is 5.84 Å². The molecule has 27 heavy (non-hydrogen) atoms. The highest BCUT2D eigenvalue weighted by atomic mass is 19.1. The molecule has 7 heteroatoms. The second-order valence-electron chi connectivity index (χ2n) is 5.50. The smallest absolute Gasteiger partial charge is 0.279 e. The normalized spacial score (nSPS) is 11.3. The summed E-state index contributed by atoms with van der Waals surface area (Å²) in [6.07, 6.45) is 6.51. The van der Waals surface area contributed by atoms with Crippen LogP contribution < -0.4 is 10.5 Å². The van der Waals surface area contributed by atoms with Crippen molar-refractivity contribution in [3.63, 3.8) is 0 Å². The summed E-state index contributed by atoms with van der Waals surface area (Å²) >= 11 is 0. The van der Waals surface area contributed by atoms with Gasteiger partial charge in [-0.2, -0.15) is 4.99 Å². The number of nitrogens with two attached hydrogens (primary N) is 1. The minimum Gasteiger partial charge on any atom is -0.497 e. The number of halogens is 2. The molecule has 0 atom stereocenters. The summed E-state index contributed by atoms with van der Waals surface area (Å²) in [7, 11) is 1.32. The van der Waals surface area contributed by atoms with E-state index >= 15 is 0 Å². The molecule has 1 amide bonds. The number of nitrogens with zero attached hydrogens (tertiary/aromatic N) is 2. The van der Waals surface area contributed by atoms with Gasteiger partial charge in [-0.3, -0.25) is 9.78 Å². The molecular weight excluding hydrogens is 352 g/mol. The number of ether oxygens (including phenoxy) is 1. The van der Waals surface area contributed by atoms with Gasteiger partial charge in [-0.15, -0.1) is 6.42 Å². The zero-order chi connectivity index (χ0) is 19.6. The summed E-state index contributed by atoms with van der Waals surface area (Å²) < 4.78 is 33.9. The lowest BCUT2D eigenvalue weighted by Crippen LogP contribution is -2.11. The van der Waals surface area contributed by atoms with Crippen LogP contribution in [0.15, 0.2) is 47.6 Å². The minimum absolute atomic E-state index is 0.0575. The second-order valence-corrected chi connectivity index (χ2v) is 5.50. The number of benzene rings is 2. The first kappa shape index (κ1) is 18.0. The van der Waals surface area contributed by atoms with Crippen molar-refractivity contribution in [3.05, 3.63) is 59.8 Å². The molecule has 3 rings (SSSR count). The summed E-state index contributed by atoms with van der Waals surface area (Å²) in [5, 5.41) is 0.376. The highest BCUT2D eigenvalue weighted by Crippen LogP contribution is 2.34. The van der Waals surface area contributed by atoms with Crippen LogP contribution in [0.1, 0.15) is 10.4 Å². The summed E-state index contributed by atoms with van der Waals surface area (Å²) in [5.41, 5.74) is 5.98. The molecule has 0 fully saturated rings. The third kappa shape index (κ3) is 3.46. The van der Waals surface area contributed by atoms with Crippen molar-refractivity contribution in [2.24, 2.45) is 10.7 Å². The van der Waals surface area contributed by atoms with Crippen molar-refractivity contribution in [3.8, 4) is 29.2 Å². The van der Waals surface area contributed by atoms with Gasteiger partial charge in [0.25, 0.3) is 5.91 Å². The Morgan fingerprint density at radius 3 is 2.56 bits per heavy atom. The molecule has 5 nitrogen and oxygen atoms in total. The van der Waals surface area contributed by atoms with Crippen LogP contribution >= 0.6 is 0 Å². The van der Waals surface area contributed by atoms with Gasteiger partial charge in [0.05, 0.1) is 18.2 Å². The number of aliphatic imine (C=N–C) groups is 1. The van der Waals surface area contributed by atoms with Crippen molar-refractivity contribution in [1.29, 1.82) is 0 Å². The van der Waals surface area contributed by atoms with Crippen molar-refractivity contribution < 1.29 is 18.3 Å². The van der Waals surface area contributed by atoms with E-state index < -0.39 is 17.5 Å². The minimum atomic E-state index is -0.800. The Kier molecular flexibility index (Phi) is 4.81. The number of carbonyl (C=O) groups excluding carboxylic acids is 1. The van der Waals surface area contributed by atoms with Crippen LogP contribution in [0.25, 0.3) is 22.0 Å². The quantitative estimate of drug-likeness (QED) is 0.439. The van der Waals surface area contributed by atoms with Crippen LogP contribution in [0.4, 0.5) is 8.78 Å². The van der Waals surface area contributed by atoms with Gasteiger partial charge in [-0.1, -0.05) is 0 Å². The molecule has 0 saturated carbocycles. The van der Waals surface area contributed by atoms with Gasteiger partial charge in [0.1, 0.15) is 17.4 Å². The summed E-state index contributed by atoms with van der Waals surface area (Å²) in [6.45, 7) is 0. The van der Waals surface area contributed by atoms with Crippen LogP contribution in [-0.2, 0) is 0 Å². The predicted octanol–water partition coefficient (Wildman–Crippen LogP) is 3.32. The highest BCUT2D eigenvalue weighted by molar-refractivity contribution is 6.10. The van der Waals surface area contributed by atoms with E-state index in [9.17, 15) is 13.6 Å². The molecule has 0 bridgehead atoms. The first-order valence-electron chi connectivity index (χ1n) is 7.72. The number of hydrogen-bond acceptors (Lipinski definition) is 3. The SMILES string of the molecule is C#C/C(N)=N\C(=O)c1ccc2nccc(-c3c(F)cc(OC)cc3F)c2c1. The molecule has 1 heterocycles. The van der Waals surface area contributed by atoms with Gasteiger partial charge in [-0.25, -0.2) is 8.78 Å². The number of carbonyl (C=O) groups is 1. The highest BCUT2D eigenvalue weighted by Gasteiger charge is 2.17. The maximum absolute atomic E-state index is 14.5. The Morgan fingerprint density at radius 2 is 1.93 bits per heavy atom. The summed E-state index contributed by atoms with van der Waals surface area (Å²) in [4.78, 5) is 19.9. The van der Waals surface area contributed by atoms with Gasteiger partial charge < -0.3 is 10.5 Å². The molecule has 0 spiro atoms. The zero-order valence-corrected chi connectivity index (χ0v) is 14.2. The number of methoxy groups -OCH3 is 1. The summed E-state index contributed by atoms with van der Waals surface area (Å²) in [5.74, 6) is -0.428. The molecule has 2 aromatic carbocycles. The number of fused-ring (bicyclic) bond motifs is 1. The maximum Gasteiger partial charge on any atom is 0.279 e. The van der Waals surface area contributed by atoms with Crippen molar-refractivity contribution in [1.82, 2.24) is 4.98 Å². The van der Waals surface area contributed by atoms with E-state index in [1.165, 1.54) is 31.5 Å². The van der Waals surface area contributed by atoms with Crippen LogP contribution in [-0.4, -0.2) is 23.8 Å². The Labute approximate surface area is 153 Å². The molecule has 0 aliphatic rings. The van der Waals surface area contributed by atoms with E-state index in [2.05, 4.69) is 9.98 Å². The maximum atomic E-state index is 14.5. The molecule has 0 saturated heterocycles. The number of rotatable bonds is 3.